The third kappa shape index (κ3) is 4.45. The Bertz CT molecular complexity index is 407. The van der Waals surface area contributed by atoms with Crippen molar-refractivity contribution in [1.82, 2.24) is 0 Å². The molecular formula is C18H27NO. The van der Waals surface area contributed by atoms with Gasteiger partial charge in [0.1, 0.15) is 5.78 Å². The van der Waals surface area contributed by atoms with E-state index >= 15 is 0 Å². The Morgan fingerprint density at radius 1 is 1.10 bits per heavy atom. The van der Waals surface area contributed by atoms with Crippen LogP contribution in [0.15, 0.2) is 30.3 Å². The second-order valence-corrected chi connectivity index (χ2v) is 6.32. The first kappa shape index (κ1) is 15.2. The molecule has 0 aliphatic heterocycles. The Morgan fingerprint density at radius 3 is 2.45 bits per heavy atom. The zero-order valence-corrected chi connectivity index (χ0v) is 12.4. The van der Waals surface area contributed by atoms with Crippen LogP contribution in [0.1, 0.15) is 56.9 Å². The minimum atomic E-state index is 0.127. The van der Waals surface area contributed by atoms with Crippen molar-refractivity contribution in [3.63, 3.8) is 0 Å². The highest BCUT2D eigenvalue weighted by Crippen LogP contribution is 2.38. The van der Waals surface area contributed by atoms with Crippen molar-refractivity contribution in [3.05, 3.63) is 35.9 Å². The van der Waals surface area contributed by atoms with E-state index in [9.17, 15) is 4.79 Å². The molecule has 2 heteroatoms. The Labute approximate surface area is 122 Å². The fraction of sp³-hybridized carbons (Fsp3) is 0.611. The predicted octanol–water partition coefficient (Wildman–Crippen LogP) is 3.88. The van der Waals surface area contributed by atoms with E-state index in [2.05, 4.69) is 24.3 Å². The highest BCUT2D eigenvalue weighted by atomic mass is 16.1. The van der Waals surface area contributed by atoms with Gasteiger partial charge in [0.2, 0.25) is 0 Å². The van der Waals surface area contributed by atoms with Crippen LogP contribution in [0.5, 0.6) is 0 Å². The van der Waals surface area contributed by atoms with Gasteiger partial charge < -0.3 is 5.73 Å². The Balaban J connectivity index is 1.74. The molecule has 1 aromatic rings. The van der Waals surface area contributed by atoms with Gasteiger partial charge in [0, 0.05) is 12.8 Å². The van der Waals surface area contributed by atoms with E-state index < -0.39 is 0 Å². The molecule has 2 nitrogen and oxygen atoms in total. The van der Waals surface area contributed by atoms with E-state index in [1.165, 1.54) is 24.8 Å². The molecule has 1 saturated carbocycles. The van der Waals surface area contributed by atoms with Gasteiger partial charge in [-0.15, -0.1) is 0 Å². The summed E-state index contributed by atoms with van der Waals surface area (Å²) in [5.74, 6) is 0.410. The smallest absolute Gasteiger partial charge is 0.133 e. The van der Waals surface area contributed by atoms with E-state index in [-0.39, 0.29) is 5.41 Å². The lowest BCUT2D eigenvalue weighted by Gasteiger charge is -2.35. The van der Waals surface area contributed by atoms with Gasteiger partial charge in [0.05, 0.1) is 0 Å². The van der Waals surface area contributed by atoms with Gasteiger partial charge in [0.25, 0.3) is 0 Å². The molecule has 1 aliphatic carbocycles. The van der Waals surface area contributed by atoms with Crippen molar-refractivity contribution < 1.29 is 4.79 Å². The molecule has 0 atom stereocenters. The van der Waals surface area contributed by atoms with Crippen molar-refractivity contribution in [3.8, 4) is 0 Å². The number of benzene rings is 1. The van der Waals surface area contributed by atoms with Crippen LogP contribution >= 0.6 is 0 Å². The lowest BCUT2D eigenvalue weighted by molar-refractivity contribution is -0.121. The number of hydrogen-bond acceptors (Lipinski definition) is 2. The van der Waals surface area contributed by atoms with Crippen LogP contribution in [0, 0.1) is 5.41 Å². The Morgan fingerprint density at radius 2 is 1.80 bits per heavy atom. The SMILES string of the molecule is NCC1(CC(=O)CCCc2ccccc2)CCCCC1. The van der Waals surface area contributed by atoms with Crippen LogP contribution in [-0.2, 0) is 11.2 Å². The van der Waals surface area contributed by atoms with Crippen molar-refractivity contribution in [2.45, 2.75) is 57.8 Å². The maximum absolute atomic E-state index is 12.2. The zero-order valence-electron chi connectivity index (χ0n) is 12.4. The average molecular weight is 273 g/mol. The number of ketones is 1. The summed E-state index contributed by atoms with van der Waals surface area (Å²) < 4.78 is 0. The van der Waals surface area contributed by atoms with Crippen LogP contribution in [-0.4, -0.2) is 12.3 Å². The van der Waals surface area contributed by atoms with Crippen LogP contribution in [0.3, 0.4) is 0 Å². The first-order valence-electron chi connectivity index (χ1n) is 8.00. The highest BCUT2D eigenvalue weighted by molar-refractivity contribution is 5.79. The predicted molar refractivity (Wildman–Crippen MR) is 83.6 cm³/mol. The molecule has 1 aliphatic rings. The van der Waals surface area contributed by atoms with Crippen LogP contribution in [0.4, 0.5) is 0 Å². The van der Waals surface area contributed by atoms with E-state index in [1.54, 1.807) is 0 Å². The lowest BCUT2D eigenvalue weighted by atomic mass is 9.70. The highest BCUT2D eigenvalue weighted by Gasteiger charge is 2.32. The van der Waals surface area contributed by atoms with Crippen LogP contribution in [0.2, 0.25) is 0 Å². The first-order chi connectivity index (χ1) is 9.74. The number of nitrogens with two attached hydrogens (primary N) is 1. The van der Waals surface area contributed by atoms with Gasteiger partial charge in [-0.2, -0.15) is 0 Å². The lowest BCUT2D eigenvalue weighted by Crippen LogP contribution is -2.35. The van der Waals surface area contributed by atoms with Crippen molar-refractivity contribution in [2.75, 3.05) is 6.54 Å². The van der Waals surface area contributed by atoms with E-state index in [1.807, 2.05) is 6.07 Å². The number of carbonyl (C=O) groups is 1. The molecule has 110 valence electrons. The molecular weight excluding hydrogens is 246 g/mol. The van der Waals surface area contributed by atoms with Gasteiger partial charge >= 0.3 is 0 Å². The minimum Gasteiger partial charge on any atom is -0.330 e. The van der Waals surface area contributed by atoms with E-state index in [0.29, 0.717) is 25.2 Å². The molecule has 0 unspecified atom stereocenters. The second kappa shape index (κ2) is 7.58. The summed E-state index contributed by atoms with van der Waals surface area (Å²) in [5.41, 5.74) is 7.41. The summed E-state index contributed by atoms with van der Waals surface area (Å²) in [6.45, 7) is 0.678. The largest absolute Gasteiger partial charge is 0.330 e. The maximum Gasteiger partial charge on any atom is 0.133 e. The molecule has 20 heavy (non-hydrogen) atoms. The van der Waals surface area contributed by atoms with Gasteiger partial charge in [0.15, 0.2) is 0 Å². The Kier molecular flexibility index (Phi) is 5.78. The molecule has 1 fully saturated rings. The number of Topliss-reactive ketones (excluding diaryl/α,β-unsaturated/α-hetero) is 1. The summed E-state index contributed by atoms with van der Waals surface area (Å²) in [7, 11) is 0. The quantitative estimate of drug-likeness (QED) is 0.819. The molecule has 0 heterocycles. The van der Waals surface area contributed by atoms with Gasteiger partial charge in [-0.25, -0.2) is 0 Å². The monoisotopic (exact) mass is 273 g/mol. The summed E-state index contributed by atoms with van der Waals surface area (Å²) in [5, 5.41) is 0. The first-order valence-corrected chi connectivity index (χ1v) is 8.00. The number of aryl methyl sites for hydroxylation is 1. The van der Waals surface area contributed by atoms with Gasteiger partial charge in [-0.1, -0.05) is 49.6 Å². The summed E-state index contributed by atoms with van der Waals surface area (Å²) in [6.07, 6.45) is 9.47. The zero-order chi connectivity index (χ0) is 14.3. The standard InChI is InChI=1S/C18H27NO/c19-15-18(12-5-2-6-13-18)14-17(20)11-7-10-16-8-3-1-4-9-16/h1,3-4,8-9H,2,5-7,10-15,19H2. The topological polar surface area (TPSA) is 43.1 Å². The Hall–Kier alpha value is -1.15. The van der Waals surface area contributed by atoms with Crippen molar-refractivity contribution in [1.29, 1.82) is 0 Å². The van der Waals surface area contributed by atoms with Crippen molar-refractivity contribution in [2.24, 2.45) is 11.1 Å². The fourth-order valence-electron chi connectivity index (χ4n) is 3.40. The molecule has 0 spiro atoms. The third-order valence-electron chi connectivity index (χ3n) is 4.68. The minimum absolute atomic E-state index is 0.127. The second-order valence-electron chi connectivity index (χ2n) is 6.32. The van der Waals surface area contributed by atoms with Gasteiger partial charge in [-0.3, -0.25) is 4.79 Å². The average Bonchev–Trinajstić information content (AvgIpc) is 2.49. The molecule has 1 aromatic carbocycles. The van der Waals surface area contributed by atoms with Crippen LogP contribution in [0.25, 0.3) is 0 Å². The summed E-state index contributed by atoms with van der Waals surface area (Å²) in [6, 6.07) is 10.4. The van der Waals surface area contributed by atoms with E-state index in [0.717, 1.165) is 25.7 Å². The van der Waals surface area contributed by atoms with Crippen LogP contribution < -0.4 is 5.73 Å². The maximum atomic E-state index is 12.2. The summed E-state index contributed by atoms with van der Waals surface area (Å²) in [4.78, 5) is 12.2. The fourth-order valence-corrected chi connectivity index (χ4v) is 3.40. The number of carbonyl (C=O) groups excluding carboxylic acids is 1. The molecule has 0 aromatic heterocycles. The number of rotatable bonds is 7. The summed E-state index contributed by atoms with van der Waals surface area (Å²) >= 11 is 0. The molecule has 2 rings (SSSR count). The van der Waals surface area contributed by atoms with Crippen molar-refractivity contribution >= 4 is 5.78 Å². The normalized spacial score (nSPS) is 17.9. The number of hydrogen-bond donors (Lipinski definition) is 1. The molecule has 2 N–H and O–H groups in total. The molecule has 0 radical (unpaired) electrons. The molecule has 0 bridgehead atoms. The van der Waals surface area contributed by atoms with Gasteiger partial charge in [-0.05, 0) is 43.2 Å². The van der Waals surface area contributed by atoms with E-state index in [4.69, 9.17) is 5.73 Å². The third-order valence-corrected chi connectivity index (χ3v) is 4.68. The molecule has 0 saturated heterocycles. The molecule has 0 amide bonds.